The monoisotopic (exact) mass is 172 g/mol. The molecule has 1 rings (SSSR count). The second-order valence-corrected chi connectivity index (χ2v) is 3.73. The van der Waals surface area contributed by atoms with Crippen molar-refractivity contribution >= 4 is 0 Å². The lowest BCUT2D eigenvalue weighted by molar-refractivity contribution is 0.0793. The van der Waals surface area contributed by atoms with E-state index < -0.39 is 0 Å². The first-order valence-electron chi connectivity index (χ1n) is 4.70. The summed E-state index contributed by atoms with van der Waals surface area (Å²) in [6.45, 7) is 6.28. The van der Waals surface area contributed by atoms with Gasteiger partial charge in [0.25, 0.3) is 0 Å². The summed E-state index contributed by atoms with van der Waals surface area (Å²) in [4.78, 5) is 2.43. The maximum absolute atomic E-state index is 6.13. The minimum atomic E-state index is -0.0551. The van der Waals surface area contributed by atoms with Gasteiger partial charge in [-0.05, 0) is 32.5 Å². The van der Waals surface area contributed by atoms with Gasteiger partial charge in [0.15, 0.2) is 0 Å². The van der Waals surface area contributed by atoms with E-state index in [1.54, 1.807) is 7.11 Å². The number of hydrogen-bond donors (Lipinski definition) is 1. The van der Waals surface area contributed by atoms with Crippen LogP contribution in [-0.4, -0.2) is 43.8 Å². The molecule has 1 saturated heterocycles. The molecule has 0 atom stereocenters. The van der Waals surface area contributed by atoms with Gasteiger partial charge in [-0.1, -0.05) is 6.92 Å². The summed E-state index contributed by atoms with van der Waals surface area (Å²) < 4.78 is 5.11. The Morgan fingerprint density at radius 1 is 1.42 bits per heavy atom. The molecule has 0 aromatic heterocycles. The maximum Gasteiger partial charge on any atom is 0.0643 e. The minimum Gasteiger partial charge on any atom is -0.383 e. The lowest BCUT2D eigenvalue weighted by Crippen LogP contribution is -2.53. The van der Waals surface area contributed by atoms with Crippen molar-refractivity contribution in [2.75, 3.05) is 33.4 Å². The lowest BCUT2D eigenvalue weighted by atomic mass is 9.89. The van der Waals surface area contributed by atoms with Crippen LogP contribution in [0.4, 0.5) is 0 Å². The fourth-order valence-electron chi connectivity index (χ4n) is 1.75. The highest BCUT2D eigenvalue weighted by molar-refractivity contribution is 4.89. The third-order valence-corrected chi connectivity index (χ3v) is 2.73. The van der Waals surface area contributed by atoms with Crippen molar-refractivity contribution in [1.29, 1.82) is 0 Å². The number of ether oxygens (including phenoxy) is 1. The first kappa shape index (κ1) is 9.96. The standard InChI is InChI=1S/C9H20N2O/c1-3-11-6-4-9(10,5-7-11)8-12-2/h3-8,10H2,1-2H3. The van der Waals surface area contributed by atoms with E-state index in [9.17, 15) is 0 Å². The second kappa shape index (κ2) is 4.21. The van der Waals surface area contributed by atoms with Gasteiger partial charge >= 0.3 is 0 Å². The van der Waals surface area contributed by atoms with Crippen molar-refractivity contribution in [2.24, 2.45) is 5.73 Å². The zero-order valence-electron chi connectivity index (χ0n) is 8.18. The van der Waals surface area contributed by atoms with Crippen LogP contribution >= 0.6 is 0 Å². The van der Waals surface area contributed by atoms with Crippen LogP contribution in [0.5, 0.6) is 0 Å². The first-order chi connectivity index (χ1) is 5.70. The predicted octanol–water partition coefficient (Wildman–Crippen LogP) is 0.446. The van der Waals surface area contributed by atoms with Crippen LogP contribution in [0.3, 0.4) is 0 Å². The highest BCUT2D eigenvalue weighted by atomic mass is 16.5. The van der Waals surface area contributed by atoms with Gasteiger partial charge < -0.3 is 15.4 Å². The summed E-state index contributed by atoms with van der Waals surface area (Å²) in [5.41, 5.74) is 6.08. The lowest BCUT2D eigenvalue weighted by Gasteiger charge is -2.38. The molecular weight excluding hydrogens is 152 g/mol. The van der Waals surface area contributed by atoms with E-state index in [0.29, 0.717) is 6.61 Å². The van der Waals surface area contributed by atoms with Gasteiger partial charge in [0.2, 0.25) is 0 Å². The number of methoxy groups -OCH3 is 1. The zero-order chi connectivity index (χ0) is 9.03. The molecule has 3 nitrogen and oxygen atoms in total. The van der Waals surface area contributed by atoms with Gasteiger partial charge in [-0.25, -0.2) is 0 Å². The number of likely N-dealkylation sites (tertiary alicyclic amines) is 1. The molecule has 1 heterocycles. The van der Waals surface area contributed by atoms with Crippen molar-refractivity contribution in [3.8, 4) is 0 Å². The summed E-state index contributed by atoms with van der Waals surface area (Å²) in [5.74, 6) is 0. The van der Waals surface area contributed by atoms with Crippen LogP contribution in [0.25, 0.3) is 0 Å². The smallest absolute Gasteiger partial charge is 0.0643 e. The highest BCUT2D eigenvalue weighted by Crippen LogP contribution is 2.19. The van der Waals surface area contributed by atoms with Gasteiger partial charge in [0.1, 0.15) is 0 Å². The van der Waals surface area contributed by atoms with Gasteiger partial charge in [-0.15, -0.1) is 0 Å². The number of nitrogens with two attached hydrogens (primary N) is 1. The molecule has 0 radical (unpaired) electrons. The van der Waals surface area contributed by atoms with Crippen LogP contribution in [0.15, 0.2) is 0 Å². The third-order valence-electron chi connectivity index (χ3n) is 2.73. The summed E-state index contributed by atoms with van der Waals surface area (Å²) >= 11 is 0. The molecule has 0 bridgehead atoms. The molecule has 0 aromatic carbocycles. The molecule has 3 heteroatoms. The minimum absolute atomic E-state index is 0.0551. The SMILES string of the molecule is CCN1CCC(N)(COC)CC1. The molecule has 1 fully saturated rings. The maximum atomic E-state index is 6.13. The van der Waals surface area contributed by atoms with Crippen molar-refractivity contribution in [3.05, 3.63) is 0 Å². The fourth-order valence-corrected chi connectivity index (χ4v) is 1.75. The molecule has 0 spiro atoms. The molecule has 12 heavy (non-hydrogen) atoms. The van der Waals surface area contributed by atoms with E-state index >= 15 is 0 Å². The van der Waals surface area contributed by atoms with Crippen LogP contribution in [0.2, 0.25) is 0 Å². The Kier molecular flexibility index (Phi) is 3.50. The third kappa shape index (κ3) is 2.44. The average Bonchev–Trinajstić information content (AvgIpc) is 2.06. The van der Waals surface area contributed by atoms with Crippen LogP contribution in [0.1, 0.15) is 19.8 Å². The van der Waals surface area contributed by atoms with Crippen LogP contribution in [-0.2, 0) is 4.74 Å². The Morgan fingerprint density at radius 2 is 2.00 bits per heavy atom. The van der Waals surface area contributed by atoms with E-state index in [-0.39, 0.29) is 5.54 Å². The molecule has 0 aliphatic carbocycles. The van der Waals surface area contributed by atoms with E-state index in [0.717, 1.165) is 32.5 Å². The molecule has 0 amide bonds. The normalized spacial score (nSPS) is 24.2. The van der Waals surface area contributed by atoms with Crippen molar-refractivity contribution in [1.82, 2.24) is 4.90 Å². The van der Waals surface area contributed by atoms with Crippen molar-refractivity contribution < 1.29 is 4.74 Å². The van der Waals surface area contributed by atoms with E-state index in [1.165, 1.54) is 0 Å². The van der Waals surface area contributed by atoms with Crippen molar-refractivity contribution in [2.45, 2.75) is 25.3 Å². The predicted molar refractivity (Wildman–Crippen MR) is 50.1 cm³/mol. The van der Waals surface area contributed by atoms with Crippen LogP contribution in [0, 0.1) is 0 Å². The summed E-state index contributed by atoms with van der Waals surface area (Å²) in [7, 11) is 1.72. The quantitative estimate of drug-likeness (QED) is 0.671. The Bertz CT molecular complexity index is 130. The molecule has 0 aromatic rings. The van der Waals surface area contributed by atoms with Gasteiger partial charge in [0, 0.05) is 12.6 Å². The molecule has 1 aliphatic heterocycles. The van der Waals surface area contributed by atoms with Crippen LogP contribution < -0.4 is 5.73 Å². The second-order valence-electron chi connectivity index (χ2n) is 3.73. The molecule has 0 saturated carbocycles. The Labute approximate surface area is 74.9 Å². The molecule has 72 valence electrons. The largest absolute Gasteiger partial charge is 0.383 e. The Morgan fingerprint density at radius 3 is 2.42 bits per heavy atom. The molecule has 0 unspecified atom stereocenters. The molecular formula is C9H20N2O. The summed E-state index contributed by atoms with van der Waals surface area (Å²) in [5, 5.41) is 0. The summed E-state index contributed by atoms with van der Waals surface area (Å²) in [6.07, 6.45) is 2.13. The van der Waals surface area contributed by atoms with Gasteiger partial charge in [0.05, 0.1) is 6.61 Å². The van der Waals surface area contributed by atoms with Gasteiger partial charge in [-0.2, -0.15) is 0 Å². The first-order valence-corrected chi connectivity index (χ1v) is 4.70. The number of hydrogen-bond acceptors (Lipinski definition) is 3. The summed E-state index contributed by atoms with van der Waals surface area (Å²) in [6, 6.07) is 0. The molecule has 2 N–H and O–H groups in total. The topological polar surface area (TPSA) is 38.5 Å². The van der Waals surface area contributed by atoms with Crippen molar-refractivity contribution in [3.63, 3.8) is 0 Å². The van der Waals surface area contributed by atoms with E-state index in [1.807, 2.05) is 0 Å². The highest BCUT2D eigenvalue weighted by Gasteiger charge is 2.29. The number of nitrogens with zero attached hydrogens (tertiary/aromatic N) is 1. The zero-order valence-corrected chi connectivity index (χ0v) is 8.18. The molecule has 1 aliphatic rings. The van der Waals surface area contributed by atoms with E-state index in [2.05, 4.69) is 11.8 Å². The Balaban J connectivity index is 2.33. The fraction of sp³-hybridized carbons (Fsp3) is 1.00. The number of rotatable bonds is 3. The average molecular weight is 172 g/mol. The number of piperidine rings is 1. The Hall–Kier alpha value is -0.120. The van der Waals surface area contributed by atoms with Gasteiger partial charge in [-0.3, -0.25) is 0 Å². The van der Waals surface area contributed by atoms with E-state index in [4.69, 9.17) is 10.5 Å².